The van der Waals surface area contributed by atoms with Crippen LogP contribution in [0.15, 0.2) is 28.9 Å². The molecular weight excluding hydrogens is 158 g/mol. The molecule has 0 aliphatic heterocycles. The molecule has 0 fully saturated rings. The number of furan rings is 1. The minimum Gasteiger partial charge on any atom is -0.478 e. The van der Waals surface area contributed by atoms with Crippen molar-refractivity contribution >= 4 is 11.5 Å². The summed E-state index contributed by atoms with van der Waals surface area (Å²) >= 11 is 0. The van der Waals surface area contributed by atoms with Crippen molar-refractivity contribution < 1.29 is 14.3 Å². The van der Waals surface area contributed by atoms with Crippen molar-refractivity contribution in [3.05, 3.63) is 30.2 Å². The second-order valence-electron chi connectivity index (χ2n) is 1.97. The van der Waals surface area contributed by atoms with Gasteiger partial charge in [0.15, 0.2) is 0 Å². The number of hydrogen-bond donors (Lipinski definition) is 1. The molecule has 1 aromatic heterocycles. The number of carboxylic acid groups (broad SMARTS) is 1. The van der Waals surface area contributed by atoms with E-state index in [2.05, 4.69) is 0 Å². The normalized spacial score (nSPS) is 10.8. The number of aliphatic carboxylic acids is 1. The molecule has 0 amide bonds. The Morgan fingerprint density at radius 1 is 1.75 bits per heavy atom. The minimum absolute atomic E-state index is 0.137. The van der Waals surface area contributed by atoms with Gasteiger partial charge in [0.1, 0.15) is 11.3 Å². The maximum Gasteiger partial charge on any atom is 0.340 e. The summed E-state index contributed by atoms with van der Waals surface area (Å²) in [5, 5.41) is 16.8. The van der Waals surface area contributed by atoms with Crippen molar-refractivity contribution in [1.82, 2.24) is 0 Å². The van der Waals surface area contributed by atoms with Crippen molar-refractivity contribution in [3.63, 3.8) is 0 Å². The van der Waals surface area contributed by atoms with E-state index >= 15 is 0 Å². The van der Waals surface area contributed by atoms with Crippen LogP contribution in [-0.2, 0) is 4.79 Å². The molecule has 0 saturated carbocycles. The molecule has 1 N–H and O–H groups in total. The van der Waals surface area contributed by atoms with Crippen LogP contribution < -0.4 is 0 Å². The van der Waals surface area contributed by atoms with Crippen molar-refractivity contribution in [3.8, 4) is 6.07 Å². The fraction of sp³-hybridized carbons (Fsp3) is 0. The number of carboxylic acids is 1. The van der Waals surface area contributed by atoms with Crippen LogP contribution in [0.2, 0.25) is 0 Å². The molecule has 0 aliphatic carbocycles. The first-order valence-electron chi connectivity index (χ1n) is 3.12. The second kappa shape index (κ2) is 3.39. The smallest absolute Gasteiger partial charge is 0.340 e. The number of nitrogens with zero attached hydrogens (tertiary/aromatic N) is 1. The predicted octanol–water partition coefficient (Wildman–Crippen LogP) is 1.27. The molecule has 0 aromatic carbocycles. The molecule has 0 aliphatic rings. The van der Waals surface area contributed by atoms with Gasteiger partial charge in [-0.1, -0.05) is 0 Å². The third-order valence-corrected chi connectivity index (χ3v) is 1.23. The van der Waals surface area contributed by atoms with Crippen LogP contribution in [0.5, 0.6) is 0 Å². The molecule has 60 valence electrons. The number of rotatable bonds is 2. The van der Waals surface area contributed by atoms with Gasteiger partial charge in [-0.3, -0.25) is 0 Å². The van der Waals surface area contributed by atoms with E-state index in [-0.39, 0.29) is 11.3 Å². The van der Waals surface area contributed by atoms with Gasteiger partial charge in [-0.05, 0) is 12.1 Å². The van der Waals surface area contributed by atoms with Crippen LogP contribution in [-0.4, -0.2) is 11.1 Å². The van der Waals surface area contributed by atoms with E-state index in [1.54, 1.807) is 12.1 Å². The largest absolute Gasteiger partial charge is 0.478 e. The van der Waals surface area contributed by atoms with Crippen LogP contribution in [0.4, 0.5) is 0 Å². The molecule has 1 aromatic rings. The summed E-state index contributed by atoms with van der Waals surface area (Å²) in [7, 11) is 0. The van der Waals surface area contributed by atoms with Crippen molar-refractivity contribution in [1.29, 1.82) is 5.26 Å². The maximum atomic E-state index is 10.5. The predicted molar refractivity (Wildman–Crippen MR) is 39.9 cm³/mol. The third kappa shape index (κ3) is 1.52. The molecule has 0 atom stereocenters. The van der Waals surface area contributed by atoms with Gasteiger partial charge in [-0.2, -0.15) is 5.26 Å². The van der Waals surface area contributed by atoms with E-state index in [0.29, 0.717) is 0 Å². The van der Waals surface area contributed by atoms with Gasteiger partial charge >= 0.3 is 5.97 Å². The molecule has 0 bridgehead atoms. The molecule has 12 heavy (non-hydrogen) atoms. The van der Waals surface area contributed by atoms with Gasteiger partial charge in [0.25, 0.3) is 0 Å². The van der Waals surface area contributed by atoms with E-state index < -0.39 is 5.97 Å². The number of nitriles is 1. The van der Waals surface area contributed by atoms with Crippen LogP contribution in [0, 0.1) is 11.3 Å². The zero-order chi connectivity index (χ0) is 8.97. The maximum absolute atomic E-state index is 10.5. The van der Waals surface area contributed by atoms with Gasteiger partial charge in [-0.15, -0.1) is 0 Å². The summed E-state index contributed by atoms with van der Waals surface area (Å²) in [6.45, 7) is 0. The highest BCUT2D eigenvalue weighted by Crippen LogP contribution is 2.14. The summed E-state index contributed by atoms with van der Waals surface area (Å²) in [6, 6.07) is 4.68. The van der Waals surface area contributed by atoms with Crippen LogP contribution in [0.25, 0.3) is 5.57 Å². The highest BCUT2D eigenvalue weighted by molar-refractivity contribution is 6.14. The molecule has 4 heteroatoms. The van der Waals surface area contributed by atoms with Crippen molar-refractivity contribution in [2.45, 2.75) is 0 Å². The Hall–Kier alpha value is -2.02. The first-order valence-corrected chi connectivity index (χ1v) is 3.12. The summed E-state index contributed by atoms with van der Waals surface area (Å²) in [6.07, 6.45) is 2.28. The Morgan fingerprint density at radius 3 is 2.92 bits per heavy atom. The molecule has 1 rings (SSSR count). The lowest BCUT2D eigenvalue weighted by molar-refractivity contribution is -0.130. The van der Waals surface area contributed by atoms with Gasteiger partial charge in [-0.25, -0.2) is 4.79 Å². The Morgan fingerprint density at radius 2 is 2.50 bits per heavy atom. The van der Waals surface area contributed by atoms with E-state index in [4.69, 9.17) is 14.8 Å². The van der Waals surface area contributed by atoms with E-state index in [9.17, 15) is 4.79 Å². The van der Waals surface area contributed by atoms with Crippen LogP contribution in [0.1, 0.15) is 5.76 Å². The quantitative estimate of drug-likeness (QED) is 0.526. The fourth-order valence-electron chi connectivity index (χ4n) is 0.735. The highest BCUT2D eigenvalue weighted by Gasteiger charge is 2.11. The first kappa shape index (κ1) is 8.08. The van der Waals surface area contributed by atoms with E-state index in [1.165, 1.54) is 12.3 Å². The van der Waals surface area contributed by atoms with Crippen molar-refractivity contribution in [2.75, 3.05) is 0 Å². The van der Waals surface area contributed by atoms with Crippen molar-refractivity contribution in [2.24, 2.45) is 0 Å². The topological polar surface area (TPSA) is 74.2 Å². The van der Waals surface area contributed by atoms with Gasteiger partial charge < -0.3 is 9.52 Å². The highest BCUT2D eigenvalue weighted by atomic mass is 16.4. The third-order valence-electron chi connectivity index (χ3n) is 1.23. The average molecular weight is 163 g/mol. The van der Waals surface area contributed by atoms with Crippen LogP contribution in [0.3, 0.4) is 0 Å². The molecule has 0 spiro atoms. The summed E-state index contributed by atoms with van der Waals surface area (Å²) < 4.78 is 4.81. The molecule has 1 heterocycles. The lowest BCUT2D eigenvalue weighted by Gasteiger charge is -1.92. The van der Waals surface area contributed by atoms with E-state index in [1.807, 2.05) is 0 Å². The zero-order valence-electron chi connectivity index (χ0n) is 6.02. The molecule has 0 radical (unpaired) electrons. The number of hydrogen-bond acceptors (Lipinski definition) is 3. The lowest BCUT2D eigenvalue weighted by atomic mass is 10.2. The molecule has 4 nitrogen and oxygen atoms in total. The summed E-state index contributed by atoms with van der Waals surface area (Å²) in [4.78, 5) is 10.5. The summed E-state index contributed by atoms with van der Waals surface area (Å²) in [5.41, 5.74) is -0.137. The summed E-state index contributed by atoms with van der Waals surface area (Å²) in [5.74, 6) is -0.990. The number of carbonyl (C=O) groups is 1. The molecular formula is C8H5NO3. The monoisotopic (exact) mass is 163 g/mol. The second-order valence-corrected chi connectivity index (χ2v) is 1.97. The first-order chi connectivity index (χ1) is 5.75. The van der Waals surface area contributed by atoms with Gasteiger partial charge in [0, 0.05) is 6.08 Å². The molecule has 0 unspecified atom stereocenters. The Bertz CT molecular complexity index is 343. The average Bonchev–Trinajstić information content (AvgIpc) is 2.51. The van der Waals surface area contributed by atoms with Crippen LogP contribution >= 0.6 is 0 Å². The Balaban J connectivity index is 3.07. The number of allylic oxidation sites excluding steroid dienone is 1. The molecule has 0 saturated heterocycles. The standard InChI is InChI=1S/C8H5NO3/c9-4-3-6(8(10)11)7-2-1-5-12-7/h1-3,5H,(H,10,11)/b6-3-. The SMILES string of the molecule is N#C/C=C(\C(=O)O)c1ccco1. The van der Waals surface area contributed by atoms with E-state index in [0.717, 1.165) is 6.08 Å². The fourth-order valence-corrected chi connectivity index (χ4v) is 0.735. The van der Waals surface area contributed by atoms with Gasteiger partial charge in [0.05, 0.1) is 12.3 Å². The zero-order valence-corrected chi connectivity index (χ0v) is 6.02. The Kier molecular flexibility index (Phi) is 2.29. The minimum atomic E-state index is -1.17. The Labute approximate surface area is 68.3 Å². The van der Waals surface area contributed by atoms with Gasteiger partial charge in [0.2, 0.25) is 0 Å². The lowest BCUT2D eigenvalue weighted by Crippen LogP contribution is -1.97.